The third kappa shape index (κ3) is 0.984. The Bertz CT molecular complexity index is 361. The van der Waals surface area contributed by atoms with Crippen molar-refractivity contribution in [3.63, 3.8) is 0 Å². The molecule has 2 rings (SSSR count). The van der Waals surface area contributed by atoms with Crippen molar-refractivity contribution in [2.24, 2.45) is 16.2 Å². The summed E-state index contributed by atoms with van der Waals surface area (Å²) in [5.74, 6) is 0. The molecule has 1 fully saturated rings. The predicted octanol–water partition coefficient (Wildman–Crippen LogP) is 4.73. The minimum Gasteiger partial charge on any atom is -0.0700 e. The van der Waals surface area contributed by atoms with Gasteiger partial charge in [-0.3, -0.25) is 0 Å². The van der Waals surface area contributed by atoms with Crippen molar-refractivity contribution in [2.45, 2.75) is 54.9 Å². The maximum Gasteiger partial charge on any atom is 0.0202 e. The van der Waals surface area contributed by atoms with Crippen LogP contribution in [0.2, 0.25) is 0 Å². The molecule has 0 aromatic heterocycles. The Morgan fingerprint density at radius 2 is 1.40 bits per heavy atom. The van der Waals surface area contributed by atoms with E-state index in [0.29, 0.717) is 16.2 Å². The Kier molecular flexibility index (Phi) is 1.89. The lowest BCUT2D eigenvalue weighted by Crippen LogP contribution is -2.59. The van der Waals surface area contributed by atoms with E-state index in [9.17, 15) is 0 Å². The molecule has 0 amide bonds. The molecule has 0 aromatic rings. The van der Waals surface area contributed by atoms with Crippen LogP contribution in [-0.2, 0) is 0 Å². The lowest BCUT2D eigenvalue weighted by molar-refractivity contribution is -0.117. The summed E-state index contributed by atoms with van der Waals surface area (Å²) in [6.07, 6.45) is 3.87. The van der Waals surface area contributed by atoms with Gasteiger partial charge in [-0.15, -0.1) is 0 Å². The normalized spacial score (nSPS) is 30.5. The first kappa shape index (κ1) is 11.0. The quantitative estimate of drug-likeness (QED) is 0.535. The summed E-state index contributed by atoms with van der Waals surface area (Å²) in [6, 6.07) is 0. The molecule has 15 heavy (non-hydrogen) atoms. The molecule has 0 bridgehead atoms. The average Bonchev–Trinajstić information content (AvgIpc) is 2.30. The second-order valence-corrected chi connectivity index (χ2v) is 6.83. The first-order chi connectivity index (χ1) is 6.66. The van der Waals surface area contributed by atoms with E-state index in [4.69, 9.17) is 0 Å². The Morgan fingerprint density at radius 3 is 1.60 bits per heavy atom. The lowest BCUT2D eigenvalue weighted by Gasteiger charge is -2.66. The molecular formula is C15H24. The summed E-state index contributed by atoms with van der Waals surface area (Å²) in [6.45, 7) is 16.6. The van der Waals surface area contributed by atoms with Gasteiger partial charge in [0, 0.05) is 5.41 Å². The van der Waals surface area contributed by atoms with Gasteiger partial charge in [-0.25, -0.2) is 0 Å². The highest BCUT2D eigenvalue weighted by molar-refractivity contribution is 5.51. The van der Waals surface area contributed by atoms with Crippen molar-refractivity contribution in [3.05, 3.63) is 22.8 Å². The summed E-state index contributed by atoms with van der Waals surface area (Å²) in [5.41, 5.74) is 5.82. The van der Waals surface area contributed by atoms with Crippen molar-refractivity contribution >= 4 is 0 Å². The molecule has 84 valence electrons. The summed E-state index contributed by atoms with van der Waals surface area (Å²) in [5, 5.41) is 0. The minimum atomic E-state index is 0.328. The molecule has 0 aromatic carbocycles. The smallest absolute Gasteiger partial charge is 0.0202 e. The molecule has 0 N–H and O–H groups in total. The van der Waals surface area contributed by atoms with Gasteiger partial charge in [0.1, 0.15) is 0 Å². The highest BCUT2D eigenvalue weighted by Crippen LogP contribution is 2.73. The monoisotopic (exact) mass is 204 g/mol. The van der Waals surface area contributed by atoms with Crippen molar-refractivity contribution in [2.75, 3.05) is 0 Å². The maximum atomic E-state index is 2.54. The molecule has 0 radical (unpaired) electrons. The number of allylic oxidation sites excluding steroid dienone is 4. The molecular weight excluding hydrogens is 180 g/mol. The van der Waals surface area contributed by atoms with Crippen LogP contribution in [0.4, 0.5) is 0 Å². The van der Waals surface area contributed by atoms with Gasteiger partial charge in [0.2, 0.25) is 0 Å². The van der Waals surface area contributed by atoms with E-state index in [1.165, 1.54) is 17.6 Å². The van der Waals surface area contributed by atoms with Crippen LogP contribution >= 0.6 is 0 Å². The average molecular weight is 204 g/mol. The van der Waals surface area contributed by atoms with Crippen LogP contribution in [0.15, 0.2) is 22.8 Å². The van der Waals surface area contributed by atoms with E-state index in [0.717, 1.165) is 0 Å². The highest BCUT2D eigenvalue weighted by atomic mass is 14.7. The fourth-order valence-electron chi connectivity index (χ4n) is 4.73. The Balaban J connectivity index is 2.62. The van der Waals surface area contributed by atoms with E-state index >= 15 is 0 Å². The Labute approximate surface area is 94.5 Å². The topological polar surface area (TPSA) is 0 Å². The fourth-order valence-corrected chi connectivity index (χ4v) is 4.73. The lowest BCUT2D eigenvalue weighted by atomic mass is 9.37. The second-order valence-electron chi connectivity index (χ2n) is 6.83. The minimum absolute atomic E-state index is 0.328. The highest BCUT2D eigenvalue weighted by Gasteiger charge is 2.65. The van der Waals surface area contributed by atoms with Gasteiger partial charge in [0.05, 0.1) is 0 Å². The van der Waals surface area contributed by atoms with Crippen molar-refractivity contribution in [3.8, 4) is 0 Å². The molecule has 1 spiro atoms. The van der Waals surface area contributed by atoms with E-state index < -0.39 is 0 Å². The second kappa shape index (κ2) is 2.59. The van der Waals surface area contributed by atoms with Gasteiger partial charge < -0.3 is 0 Å². The number of hydrogen-bond acceptors (Lipinski definition) is 0. The zero-order valence-electron chi connectivity index (χ0n) is 11.3. The molecule has 2 aliphatic rings. The first-order valence-electron chi connectivity index (χ1n) is 6.03. The van der Waals surface area contributed by atoms with Crippen LogP contribution < -0.4 is 0 Å². The fraction of sp³-hybridized carbons (Fsp3) is 0.733. The van der Waals surface area contributed by atoms with Gasteiger partial charge in [-0.05, 0) is 43.6 Å². The SMILES string of the molecule is CC1=CC2(C(C)=C1C)C(C)(C)CC2(C)C. The van der Waals surface area contributed by atoms with Gasteiger partial charge in [-0.1, -0.05) is 44.9 Å². The van der Waals surface area contributed by atoms with Crippen LogP contribution in [0.3, 0.4) is 0 Å². The van der Waals surface area contributed by atoms with E-state index in [1.54, 1.807) is 5.57 Å². The van der Waals surface area contributed by atoms with E-state index in [2.05, 4.69) is 54.5 Å². The molecule has 0 atom stereocenters. The summed E-state index contributed by atoms with van der Waals surface area (Å²) < 4.78 is 0. The van der Waals surface area contributed by atoms with E-state index in [1.807, 2.05) is 0 Å². The van der Waals surface area contributed by atoms with Crippen molar-refractivity contribution < 1.29 is 0 Å². The standard InChI is InChI=1S/C15H24/c1-10-8-15(12(3)11(10)2)13(4,5)9-14(15,6)7/h8H,9H2,1-7H3. The predicted molar refractivity (Wildman–Crippen MR) is 66.7 cm³/mol. The third-order valence-electron chi connectivity index (χ3n) is 5.20. The van der Waals surface area contributed by atoms with Gasteiger partial charge >= 0.3 is 0 Å². The Morgan fingerprint density at radius 1 is 0.933 bits per heavy atom. The van der Waals surface area contributed by atoms with Crippen molar-refractivity contribution in [1.29, 1.82) is 0 Å². The molecule has 0 nitrogen and oxygen atoms in total. The summed E-state index contributed by atoms with van der Waals surface area (Å²) in [4.78, 5) is 0. The molecule has 2 aliphatic carbocycles. The number of rotatable bonds is 0. The van der Waals surface area contributed by atoms with Crippen LogP contribution in [0.25, 0.3) is 0 Å². The molecule has 0 aliphatic heterocycles. The van der Waals surface area contributed by atoms with Crippen LogP contribution in [-0.4, -0.2) is 0 Å². The third-order valence-corrected chi connectivity index (χ3v) is 5.20. The molecule has 1 saturated carbocycles. The van der Waals surface area contributed by atoms with Gasteiger partial charge in [-0.2, -0.15) is 0 Å². The summed E-state index contributed by atoms with van der Waals surface area (Å²) >= 11 is 0. The zero-order valence-corrected chi connectivity index (χ0v) is 11.3. The van der Waals surface area contributed by atoms with Gasteiger partial charge in [0.25, 0.3) is 0 Å². The summed E-state index contributed by atoms with van der Waals surface area (Å²) in [7, 11) is 0. The molecule has 0 unspecified atom stereocenters. The Hall–Kier alpha value is -0.520. The van der Waals surface area contributed by atoms with Crippen LogP contribution in [0, 0.1) is 16.2 Å². The van der Waals surface area contributed by atoms with Crippen LogP contribution in [0.5, 0.6) is 0 Å². The molecule has 0 saturated heterocycles. The molecule has 0 heterocycles. The largest absolute Gasteiger partial charge is 0.0700 e. The first-order valence-corrected chi connectivity index (χ1v) is 6.03. The number of hydrogen-bond donors (Lipinski definition) is 0. The van der Waals surface area contributed by atoms with Gasteiger partial charge in [0.15, 0.2) is 0 Å². The zero-order chi connectivity index (χ0) is 11.6. The molecule has 0 heteroatoms. The maximum absolute atomic E-state index is 2.54. The van der Waals surface area contributed by atoms with Crippen LogP contribution in [0.1, 0.15) is 54.9 Å². The van der Waals surface area contributed by atoms with Crippen molar-refractivity contribution in [1.82, 2.24) is 0 Å². The van der Waals surface area contributed by atoms with E-state index in [-0.39, 0.29) is 0 Å².